The summed E-state index contributed by atoms with van der Waals surface area (Å²) in [5.74, 6) is 0.847. The van der Waals surface area contributed by atoms with E-state index in [1.54, 1.807) is 0 Å². The smallest absolute Gasteiger partial charge is 0.172 e. The van der Waals surface area contributed by atoms with Crippen LogP contribution in [0.5, 0.6) is 5.75 Å². The second kappa shape index (κ2) is 7.75. The summed E-state index contributed by atoms with van der Waals surface area (Å²) < 4.78 is 16.3. The fourth-order valence-electron chi connectivity index (χ4n) is 4.25. The number of halogens is 1. The lowest BCUT2D eigenvalue weighted by Gasteiger charge is -2.24. The SMILES string of the molecule is Cc1c(OCC2(CBr)CC2)cc2c(c(C#N)nn2C2CCCCO2)c1-n1cccc1. The molecule has 0 N–H and O–H groups in total. The fraction of sp³-hybridized carbons (Fsp3) is 0.478. The Balaban J connectivity index is 1.69. The lowest BCUT2D eigenvalue weighted by molar-refractivity contribution is -0.0367. The van der Waals surface area contributed by atoms with E-state index in [4.69, 9.17) is 9.47 Å². The highest BCUT2D eigenvalue weighted by molar-refractivity contribution is 9.09. The van der Waals surface area contributed by atoms with Gasteiger partial charge in [0.15, 0.2) is 11.9 Å². The number of hydrogen-bond acceptors (Lipinski definition) is 4. The summed E-state index contributed by atoms with van der Waals surface area (Å²) in [7, 11) is 0. The van der Waals surface area contributed by atoms with Crippen LogP contribution in [0.15, 0.2) is 30.6 Å². The van der Waals surface area contributed by atoms with E-state index in [2.05, 4.69) is 38.6 Å². The van der Waals surface area contributed by atoms with Crippen LogP contribution < -0.4 is 4.74 Å². The summed E-state index contributed by atoms with van der Waals surface area (Å²) in [4.78, 5) is 0. The minimum atomic E-state index is -0.145. The molecule has 0 radical (unpaired) electrons. The Labute approximate surface area is 184 Å². The molecule has 3 aromatic rings. The standard InChI is InChI=1S/C23H25BrN4O2/c1-16-19(30-15-23(14-24)7-8-23)12-18-21(22(16)27-9-3-4-10-27)17(13-25)26-28(18)20-6-2-5-11-29-20/h3-4,9-10,12,20H,2,5-8,11,14-15H2,1H3. The van der Waals surface area contributed by atoms with Gasteiger partial charge in [-0.3, -0.25) is 0 Å². The zero-order chi connectivity index (χ0) is 20.7. The molecule has 0 spiro atoms. The number of fused-ring (bicyclic) bond motifs is 1. The first-order valence-corrected chi connectivity index (χ1v) is 11.7. The zero-order valence-corrected chi connectivity index (χ0v) is 18.7. The molecule has 3 heterocycles. The number of benzene rings is 1. The zero-order valence-electron chi connectivity index (χ0n) is 17.1. The van der Waals surface area contributed by atoms with Crippen molar-refractivity contribution in [3.63, 3.8) is 0 Å². The third-order valence-electron chi connectivity index (χ3n) is 6.35. The number of rotatable bonds is 6. The summed E-state index contributed by atoms with van der Waals surface area (Å²) in [5.41, 5.74) is 3.54. The molecule has 2 aromatic heterocycles. The van der Waals surface area contributed by atoms with Gasteiger partial charge in [-0.15, -0.1) is 0 Å². The summed E-state index contributed by atoms with van der Waals surface area (Å²) in [6, 6.07) is 8.33. The largest absolute Gasteiger partial charge is 0.493 e. The van der Waals surface area contributed by atoms with Crippen LogP contribution in [0.2, 0.25) is 0 Å². The molecule has 1 aliphatic heterocycles. The van der Waals surface area contributed by atoms with Crippen molar-refractivity contribution < 1.29 is 9.47 Å². The molecular formula is C23H25BrN4O2. The molecule has 0 bridgehead atoms. The number of nitrogens with zero attached hydrogens (tertiary/aromatic N) is 4. The van der Waals surface area contributed by atoms with E-state index in [1.807, 2.05) is 35.3 Å². The summed E-state index contributed by atoms with van der Waals surface area (Å²) in [5, 5.41) is 16.4. The van der Waals surface area contributed by atoms with Crippen molar-refractivity contribution in [2.75, 3.05) is 18.5 Å². The number of ether oxygens (including phenoxy) is 2. The normalized spacial score (nSPS) is 20.2. The minimum absolute atomic E-state index is 0.145. The molecule has 0 amide bonds. The van der Waals surface area contributed by atoms with E-state index in [0.29, 0.717) is 12.3 Å². The molecule has 2 fully saturated rings. The van der Waals surface area contributed by atoms with Crippen molar-refractivity contribution in [2.24, 2.45) is 5.41 Å². The van der Waals surface area contributed by atoms with Gasteiger partial charge in [-0.05, 0) is 51.2 Å². The maximum atomic E-state index is 9.87. The Morgan fingerprint density at radius 1 is 1.33 bits per heavy atom. The van der Waals surface area contributed by atoms with Crippen LogP contribution in [0.1, 0.15) is 49.6 Å². The molecule has 2 aliphatic rings. The molecule has 1 aliphatic carbocycles. The minimum Gasteiger partial charge on any atom is -0.493 e. The second-order valence-corrected chi connectivity index (χ2v) is 9.04. The molecular weight excluding hydrogens is 444 g/mol. The Morgan fingerprint density at radius 3 is 2.77 bits per heavy atom. The van der Waals surface area contributed by atoms with E-state index < -0.39 is 0 Å². The number of aromatic nitrogens is 3. The Kier molecular flexibility index (Phi) is 5.08. The highest BCUT2D eigenvalue weighted by atomic mass is 79.9. The van der Waals surface area contributed by atoms with Crippen molar-refractivity contribution in [3.05, 3.63) is 41.9 Å². The molecule has 1 atom stereocenters. The van der Waals surface area contributed by atoms with Crippen LogP contribution in [-0.4, -0.2) is 32.9 Å². The molecule has 6 nitrogen and oxygen atoms in total. The van der Waals surface area contributed by atoms with E-state index in [-0.39, 0.29) is 11.6 Å². The average molecular weight is 469 g/mol. The highest BCUT2D eigenvalue weighted by Crippen LogP contribution is 2.48. The van der Waals surface area contributed by atoms with Gasteiger partial charge in [0.2, 0.25) is 0 Å². The summed E-state index contributed by atoms with van der Waals surface area (Å²) in [6.45, 7) is 3.48. The van der Waals surface area contributed by atoms with Gasteiger partial charge in [-0.25, -0.2) is 4.68 Å². The molecule has 1 unspecified atom stereocenters. The maximum absolute atomic E-state index is 9.87. The van der Waals surface area contributed by atoms with E-state index in [9.17, 15) is 5.26 Å². The molecule has 5 rings (SSSR count). The molecule has 1 aromatic carbocycles. The molecule has 1 saturated carbocycles. The Bertz CT molecular complexity index is 1100. The number of nitriles is 1. The van der Waals surface area contributed by atoms with E-state index >= 15 is 0 Å². The van der Waals surface area contributed by atoms with Crippen LogP contribution in [0.25, 0.3) is 16.6 Å². The highest BCUT2D eigenvalue weighted by Gasteiger charge is 2.42. The van der Waals surface area contributed by atoms with Crippen LogP contribution >= 0.6 is 15.9 Å². The van der Waals surface area contributed by atoms with Crippen molar-refractivity contribution in [1.29, 1.82) is 5.26 Å². The van der Waals surface area contributed by atoms with Gasteiger partial charge in [0.25, 0.3) is 0 Å². The average Bonchev–Trinajstić information content (AvgIpc) is 3.19. The third kappa shape index (κ3) is 3.32. The van der Waals surface area contributed by atoms with Crippen LogP contribution in [0, 0.1) is 23.7 Å². The van der Waals surface area contributed by atoms with Crippen molar-refractivity contribution in [3.8, 4) is 17.5 Å². The molecule has 1 saturated heterocycles. The van der Waals surface area contributed by atoms with Gasteiger partial charge < -0.3 is 14.0 Å². The van der Waals surface area contributed by atoms with Crippen molar-refractivity contribution in [2.45, 2.75) is 45.3 Å². The summed E-state index contributed by atoms with van der Waals surface area (Å²) >= 11 is 3.64. The third-order valence-corrected chi connectivity index (χ3v) is 7.54. The Hall–Kier alpha value is -2.30. The van der Waals surface area contributed by atoms with Gasteiger partial charge in [0, 0.05) is 41.4 Å². The van der Waals surface area contributed by atoms with Gasteiger partial charge in [-0.2, -0.15) is 10.4 Å². The van der Waals surface area contributed by atoms with Crippen LogP contribution in [0.3, 0.4) is 0 Å². The first-order valence-electron chi connectivity index (χ1n) is 10.6. The topological polar surface area (TPSA) is 65.0 Å². The number of hydrogen-bond donors (Lipinski definition) is 0. The second-order valence-electron chi connectivity index (χ2n) is 8.48. The predicted molar refractivity (Wildman–Crippen MR) is 118 cm³/mol. The fourth-order valence-corrected chi connectivity index (χ4v) is 4.97. The summed E-state index contributed by atoms with van der Waals surface area (Å²) in [6.07, 6.45) is 9.31. The van der Waals surface area contributed by atoms with Gasteiger partial charge in [-0.1, -0.05) is 15.9 Å². The monoisotopic (exact) mass is 468 g/mol. The Morgan fingerprint density at radius 2 is 2.13 bits per heavy atom. The van der Waals surface area contributed by atoms with Crippen LogP contribution in [0.4, 0.5) is 0 Å². The maximum Gasteiger partial charge on any atom is 0.172 e. The molecule has 30 heavy (non-hydrogen) atoms. The first-order chi connectivity index (χ1) is 14.7. The molecule has 7 heteroatoms. The van der Waals surface area contributed by atoms with E-state index in [0.717, 1.165) is 59.1 Å². The lowest BCUT2D eigenvalue weighted by Crippen LogP contribution is -2.19. The predicted octanol–water partition coefficient (Wildman–Crippen LogP) is 5.26. The first kappa shape index (κ1) is 19.7. The quantitative estimate of drug-likeness (QED) is 0.462. The van der Waals surface area contributed by atoms with Crippen molar-refractivity contribution >= 4 is 26.8 Å². The van der Waals surface area contributed by atoms with E-state index in [1.165, 1.54) is 12.8 Å². The number of alkyl halides is 1. The van der Waals surface area contributed by atoms with Crippen molar-refractivity contribution in [1.82, 2.24) is 14.3 Å². The molecule has 156 valence electrons. The van der Waals surface area contributed by atoms with Gasteiger partial charge in [0.1, 0.15) is 11.8 Å². The van der Waals surface area contributed by atoms with Gasteiger partial charge >= 0.3 is 0 Å². The lowest BCUT2D eigenvalue weighted by atomic mass is 10.1. The van der Waals surface area contributed by atoms with Gasteiger partial charge in [0.05, 0.1) is 23.2 Å². The van der Waals surface area contributed by atoms with Crippen LogP contribution in [-0.2, 0) is 4.74 Å².